The Hall–Kier alpha value is -2.48. The van der Waals surface area contributed by atoms with Crippen molar-refractivity contribution in [1.82, 2.24) is 0 Å². The van der Waals surface area contributed by atoms with Crippen LogP contribution in [0.5, 0.6) is 17.2 Å². The third kappa shape index (κ3) is 4.29. The van der Waals surface area contributed by atoms with Crippen LogP contribution in [0.2, 0.25) is 0 Å². The molecule has 0 radical (unpaired) electrons. The van der Waals surface area contributed by atoms with Gasteiger partial charge in [-0.3, -0.25) is 0 Å². The van der Waals surface area contributed by atoms with E-state index in [9.17, 15) is 0 Å². The van der Waals surface area contributed by atoms with Gasteiger partial charge in [0, 0.05) is 11.5 Å². The van der Waals surface area contributed by atoms with Gasteiger partial charge in [-0.2, -0.15) is 0 Å². The van der Waals surface area contributed by atoms with Crippen molar-refractivity contribution in [1.29, 1.82) is 0 Å². The van der Waals surface area contributed by atoms with Crippen molar-refractivity contribution in [2.75, 3.05) is 6.61 Å². The molecule has 0 saturated carbocycles. The fourth-order valence-electron chi connectivity index (χ4n) is 2.76. The summed E-state index contributed by atoms with van der Waals surface area (Å²) in [5, 5.41) is 2.30. The Bertz CT molecular complexity index is 774. The van der Waals surface area contributed by atoms with Crippen LogP contribution in [-0.4, -0.2) is 6.61 Å². The lowest BCUT2D eigenvalue weighted by Crippen LogP contribution is -1.97. The molecule has 0 bridgehead atoms. The number of rotatable bonds is 8. The SMILES string of the molecule is CCCCCCOc1cccc(Oc2cccc3ccccc23)c1. The fourth-order valence-corrected chi connectivity index (χ4v) is 2.76. The van der Waals surface area contributed by atoms with Crippen molar-refractivity contribution >= 4 is 10.8 Å². The molecule has 0 aliphatic carbocycles. The van der Waals surface area contributed by atoms with Crippen molar-refractivity contribution in [2.45, 2.75) is 32.6 Å². The first-order valence-electron chi connectivity index (χ1n) is 8.75. The molecule has 0 spiro atoms. The van der Waals surface area contributed by atoms with E-state index in [1.54, 1.807) is 0 Å². The van der Waals surface area contributed by atoms with Gasteiger partial charge < -0.3 is 9.47 Å². The molecule has 0 atom stereocenters. The molecule has 24 heavy (non-hydrogen) atoms. The minimum Gasteiger partial charge on any atom is -0.493 e. The molecule has 0 heterocycles. The largest absolute Gasteiger partial charge is 0.493 e. The van der Waals surface area contributed by atoms with Crippen LogP contribution in [0.25, 0.3) is 10.8 Å². The Morgan fingerprint density at radius 3 is 2.46 bits per heavy atom. The lowest BCUT2D eigenvalue weighted by molar-refractivity contribution is 0.303. The molecule has 0 aromatic heterocycles. The summed E-state index contributed by atoms with van der Waals surface area (Å²) in [6, 6.07) is 22.2. The van der Waals surface area contributed by atoms with Crippen LogP contribution in [0, 0.1) is 0 Å². The molecule has 3 aromatic carbocycles. The molecule has 0 aliphatic rings. The first-order valence-corrected chi connectivity index (χ1v) is 8.75. The number of benzene rings is 3. The zero-order valence-corrected chi connectivity index (χ0v) is 14.2. The van der Waals surface area contributed by atoms with E-state index in [1.165, 1.54) is 24.6 Å². The van der Waals surface area contributed by atoms with E-state index < -0.39 is 0 Å². The molecule has 3 aromatic rings. The number of unbranched alkanes of at least 4 members (excludes halogenated alkanes) is 3. The fraction of sp³-hybridized carbons (Fsp3) is 0.273. The van der Waals surface area contributed by atoms with E-state index in [0.717, 1.165) is 35.7 Å². The van der Waals surface area contributed by atoms with Gasteiger partial charge >= 0.3 is 0 Å². The molecule has 3 rings (SSSR count). The Morgan fingerprint density at radius 1 is 0.750 bits per heavy atom. The van der Waals surface area contributed by atoms with Crippen LogP contribution < -0.4 is 9.47 Å². The van der Waals surface area contributed by atoms with E-state index in [1.807, 2.05) is 48.5 Å². The minimum atomic E-state index is 0.762. The van der Waals surface area contributed by atoms with Crippen molar-refractivity contribution in [3.05, 3.63) is 66.7 Å². The molecular weight excluding hydrogens is 296 g/mol. The summed E-state index contributed by atoms with van der Waals surface area (Å²) in [4.78, 5) is 0. The van der Waals surface area contributed by atoms with Gasteiger partial charge in [0.1, 0.15) is 17.2 Å². The Kier molecular flexibility index (Phi) is 5.73. The van der Waals surface area contributed by atoms with Crippen molar-refractivity contribution in [3.63, 3.8) is 0 Å². The quantitative estimate of drug-likeness (QED) is 0.436. The summed E-state index contributed by atoms with van der Waals surface area (Å²) in [6.45, 7) is 2.98. The molecule has 124 valence electrons. The first kappa shape index (κ1) is 16.4. The highest BCUT2D eigenvalue weighted by atomic mass is 16.5. The second-order valence-electron chi connectivity index (χ2n) is 5.96. The summed E-state index contributed by atoms with van der Waals surface area (Å²) in [6.07, 6.45) is 4.84. The second kappa shape index (κ2) is 8.39. The molecule has 2 heteroatoms. The highest BCUT2D eigenvalue weighted by Crippen LogP contribution is 2.31. The summed E-state index contributed by atoms with van der Waals surface area (Å²) in [5.74, 6) is 2.54. The summed E-state index contributed by atoms with van der Waals surface area (Å²) >= 11 is 0. The standard InChI is InChI=1S/C22H24O2/c1-2-3-4-7-16-23-19-12-9-13-20(17-19)24-22-15-8-11-18-10-5-6-14-21(18)22/h5-6,8-15,17H,2-4,7,16H2,1H3. The maximum atomic E-state index is 6.10. The van der Waals surface area contributed by atoms with E-state index >= 15 is 0 Å². The maximum Gasteiger partial charge on any atom is 0.135 e. The van der Waals surface area contributed by atoms with Crippen LogP contribution in [0.3, 0.4) is 0 Å². The Labute approximate surface area is 144 Å². The molecule has 0 aliphatic heterocycles. The van der Waals surface area contributed by atoms with Crippen LogP contribution in [0.1, 0.15) is 32.6 Å². The molecule has 0 saturated heterocycles. The lowest BCUT2D eigenvalue weighted by Gasteiger charge is -2.11. The zero-order chi connectivity index (χ0) is 16.6. The molecule has 0 N–H and O–H groups in total. The molecular formula is C22H24O2. The Balaban J connectivity index is 1.68. The smallest absolute Gasteiger partial charge is 0.135 e. The summed E-state index contributed by atoms with van der Waals surface area (Å²) in [5.41, 5.74) is 0. The van der Waals surface area contributed by atoms with Gasteiger partial charge in [0.2, 0.25) is 0 Å². The van der Waals surface area contributed by atoms with Crippen LogP contribution in [-0.2, 0) is 0 Å². The van der Waals surface area contributed by atoms with Crippen molar-refractivity contribution in [3.8, 4) is 17.2 Å². The predicted octanol–water partition coefficient (Wildman–Crippen LogP) is 6.59. The topological polar surface area (TPSA) is 18.5 Å². The van der Waals surface area contributed by atoms with Crippen molar-refractivity contribution < 1.29 is 9.47 Å². The van der Waals surface area contributed by atoms with Crippen LogP contribution in [0.4, 0.5) is 0 Å². The predicted molar refractivity (Wildman–Crippen MR) is 100 cm³/mol. The van der Waals surface area contributed by atoms with Gasteiger partial charge in [0.05, 0.1) is 6.61 Å². The van der Waals surface area contributed by atoms with E-state index in [0.29, 0.717) is 0 Å². The lowest BCUT2D eigenvalue weighted by atomic mass is 10.1. The second-order valence-corrected chi connectivity index (χ2v) is 5.96. The normalized spacial score (nSPS) is 10.7. The highest BCUT2D eigenvalue weighted by molar-refractivity contribution is 5.88. The number of hydrogen-bond acceptors (Lipinski definition) is 2. The van der Waals surface area contributed by atoms with Gasteiger partial charge in [0.15, 0.2) is 0 Å². The van der Waals surface area contributed by atoms with E-state index in [4.69, 9.17) is 9.47 Å². The average molecular weight is 320 g/mol. The van der Waals surface area contributed by atoms with E-state index in [2.05, 4.69) is 25.1 Å². The maximum absolute atomic E-state index is 6.10. The number of ether oxygens (including phenoxy) is 2. The highest BCUT2D eigenvalue weighted by Gasteiger charge is 2.04. The van der Waals surface area contributed by atoms with Gasteiger partial charge in [-0.1, -0.05) is 68.7 Å². The minimum absolute atomic E-state index is 0.762. The zero-order valence-electron chi connectivity index (χ0n) is 14.2. The van der Waals surface area contributed by atoms with Gasteiger partial charge in [-0.15, -0.1) is 0 Å². The monoisotopic (exact) mass is 320 g/mol. The summed E-state index contributed by atoms with van der Waals surface area (Å²) in [7, 11) is 0. The molecule has 0 unspecified atom stereocenters. The number of fused-ring (bicyclic) bond motifs is 1. The van der Waals surface area contributed by atoms with Crippen LogP contribution >= 0.6 is 0 Å². The molecule has 2 nitrogen and oxygen atoms in total. The van der Waals surface area contributed by atoms with E-state index in [-0.39, 0.29) is 0 Å². The summed E-state index contributed by atoms with van der Waals surface area (Å²) < 4.78 is 11.9. The van der Waals surface area contributed by atoms with Crippen molar-refractivity contribution in [2.24, 2.45) is 0 Å². The van der Waals surface area contributed by atoms with Gasteiger partial charge in [-0.25, -0.2) is 0 Å². The Morgan fingerprint density at radius 2 is 1.54 bits per heavy atom. The van der Waals surface area contributed by atoms with Gasteiger partial charge in [-0.05, 0) is 30.0 Å². The van der Waals surface area contributed by atoms with Crippen LogP contribution in [0.15, 0.2) is 66.7 Å². The van der Waals surface area contributed by atoms with Gasteiger partial charge in [0.25, 0.3) is 0 Å². The molecule has 0 amide bonds. The number of hydrogen-bond donors (Lipinski definition) is 0. The third-order valence-electron chi connectivity index (χ3n) is 4.05. The molecule has 0 fully saturated rings. The first-order chi connectivity index (χ1) is 11.9. The third-order valence-corrected chi connectivity index (χ3v) is 4.05. The average Bonchev–Trinajstić information content (AvgIpc) is 2.62.